The molecular formula is C23H23ClFNO3S. The van der Waals surface area contributed by atoms with E-state index in [0.717, 1.165) is 65.0 Å². The van der Waals surface area contributed by atoms with Gasteiger partial charge in [0.2, 0.25) is 0 Å². The van der Waals surface area contributed by atoms with E-state index in [1.807, 2.05) is 24.3 Å². The zero-order valence-corrected chi connectivity index (χ0v) is 18.1. The van der Waals surface area contributed by atoms with E-state index in [0.29, 0.717) is 19.0 Å². The third-order valence-corrected chi connectivity index (χ3v) is 6.41. The summed E-state index contributed by atoms with van der Waals surface area (Å²) in [5, 5.41) is 0. The fourth-order valence-electron chi connectivity index (χ4n) is 3.77. The first-order chi connectivity index (χ1) is 14.3. The first-order valence-electron chi connectivity index (χ1n) is 9.86. The van der Waals surface area contributed by atoms with Gasteiger partial charge in [0.05, 0.1) is 26.4 Å². The van der Waals surface area contributed by atoms with Gasteiger partial charge in [-0.15, -0.1) is 23.7 Å². The van der Waals surface area contributed by atoms with Crippen LogP contribution in [-0.2, 0) is 16.1 Å². The Hall–Kier alpha value is -1.96. The number of morpholine rings is 1. The Labute approximate surface area is 185 Å². The predicted octanol–water partition coefficient (Wildman–Crippen LogP) is 5.60. The molecule has 0 atom stereocenters. The molecule has 0 unspecified atom stereocenters. The number of rotatable bonds is 5. The quantitative estimate of drug-likeness (QED) is 0.373. The molecule has 1 fully saturated rings. The molecule has 5 rings (SSSR count). The number of para-hydroxylation sites is 1. The molecule has 0 spiro atoms. The fourth-order valence-corrected chi connectivity index (χ4v) is 4.90. The Morgan fingerprint density at radius 3 is 2.63 bits per heavy atom. The molecular weight excluding hydrogens is 425 g/mol. The maximum Gasteiger partial charge on any atom is 0.136 e. The Morgan fingerprint density at radius 1 is 0.967 bits per heavy atom. The average Bonchev–Trinajstić information content (AvgIpc) is 3.12. The molecule has 7 heteroatoms. The summed E-state index contributed by atoms with van der Waals surface area (Å²) in [6.45, 7) is 5.69. The van der Waals surface area contributed by atoms with Gasteiger partial charge < -0.3 is 14.2 Å². The van der Waals surface area contributed by atoms with Gasteiger partial charge in [-0.25, -0.2) is 4.39 Å². The molecule has 2 aliphatic heterocycles. The first-order valence-corrected chi connectivity index (χ1v) is 10.7. The van der Waals surface area contributed by atoms with Crippen LogP contribution in [0.15, 0.2) is 48.5 Å². The zero-order chi connectivity index (χ0) is 19.6. The van der Waals surface area contributed by atoms with Crippen LogP contribution >= 0.6 is 23.7 Å². The molecule has 0 bridgehead atoms. The molecule has 2 aliphatic rings. The van der Waals surface area contributed by atoms with Crippen LogP contribution in [0.1, 0.15) is 4.88 Å². The topological polar surface area (TPSA) is 30.9 Å². The summed E-state index contributed by atoms with van der Waals surface area (Å²) in [4.78, 5) is 4.51. The Kier molecular flexibility index (Phi) is 6.71. The van der Waals surface area contributed by atoms with Gasteiger partial charge in [0.15, 0.2) is 0 Å². The van der Waals surface area contributed by atoms with E-state index >= 15 is 0 Å². The molecule has 0 amide bonds. The van der Waals surface area contributed by atoms with Crippen LogP contribution in [0.25, 0.3) is 21.6 Å². The molecule has 30 heavy (non-hydrogen) atoms. The average molecular weight is 448 g/mol. The summed E-state index contributed by atoms with van der Waals surface area (Å²) < 4.78 is 31.4. The van der Waals surface area contributed by atoms with Crippen molar-refractivity contribution in [3.8, 4) is 33.1 Å². The maximum atomic E-state index is 14.0. The van der Waals surface area contributed by atoms with Crippen molar-refractivity contribution >= 4 is 23.7 Å². The number of nitrogens with zero attached hydrogens (tertiary/aromatic N) is 1. The third-order valence-electron chi connectivity index (χ3n) is 5.27. The summed E-state index contributed by atoms with van der Waals surface area (Å²) in [5.41, 5.74) is 2.89. The van der Waals surface area contributed by atoms with E-state index in [1.165, 1.54) is 6.07 Å². The number of ether oxygens (including phenoxy) is 3. The molecule has 0 saturated carbocycles. The summed E-state index contributed by atoms with van der Waals surface area (Å²) in [6, 6.07) is 14.8. The van der Waals surface area contributed by atoms with Crippen LogP contribution in [0.2, 0.25) is 0 Å². The van der Waals surface area contributed by atoms with Gasteiger partial charge in [-0.05, 0) is 30.3 Å². The number of hydrogen-bond donors (Lipinski definition) is 0. The van der Waals surface area contributed by atoms with Crippen LogP contribution in [0.3, 0.4) is 0 Å². The largest absolute Gasteiger partial charge is 0.456 e. The van der Waals surface area contributed by atoms with Crippen LogP contribution < -0.4 is 4.74 Å². The smallest absolute Gasteiger partial charge is 0.136 e. The highest BCUT2D eigenvalue weighted by Gasteiger charge is 2.23. The van der Waals surface area contributed by atoms with Crippen molar-refractivity contribution in [1.82, 2.24) is 4.90 Å². The van der Waals surface area contributed by atoms with E-state index in [-0.39, 0.29) is 18.2 Å². The minimum absolute atomic E-state index is 0. The van der Waals surface area contributed by atoms with Crippen LogP contribution in [0.4, 0.5) is 4.39 Å². The van der Waals surface area contributed by atoms with Crippen LogP contribution in [-0.4, -0.2) is 44.4 Å². The molecule has 3 aromatic rings. The molecule has 1 aromatic heterocycles. The van der Waals surface area contributed by atoms with E-state index in [1.54, 1.807) is 23.5 Å². The molecule has 158 valence electrons. The van der Waals surface area contributed by atoms with Crippen molar-refractivity contribution in [1.29, 1.82) is 0 Å². The van der Waals surface area contributed by atoms with Gasteiger partial charge in [-0.2, -0.15) is 0 Å². The Balaban J connectivity index is 0.00000218. The maximum absolute atomic E-state index is 14.0. The van der Waals surface area contributed by atoms with E-state index in [9.17, 15) is 4.39 Å². The van der Waals surface area contributed by atoms with Gasteiger partial charge in [0.25, 0.3) is 0 Å². The van der Waals surface area contributed by atoms with E-state index in [4.69, 9.17) is 14.2 Å². The van der Waals surface area contributed by atoms with Gasteiger partial charge in [-0.1, -0.05) is 18.2 Å². The molecule has 0 radical (unpaired) electrons. The number of hydrogen-bond acceptors (Lipinski definition) is 5. The second-order valence-electron chi connectivity index (χ2n) is 7.20. The molecule has 1 saturated heterocycles. The summed E-state index contributed by atoms with van der Waals surface area (Å²) in [6.07, 6.45) is 0. The lowest BCUT2D eigenvalue weighted by atomic mass is 10.0. The number of halogens is 2. The lowest BCUT2D eigenvalue weighted by molar-refractivity contribution is 0.0183. The van der Waals surface area contributed by atoms with E-state index in [2.05, 4.69) is 11.0 Å². The lowest BCUT2D eigenvalue weighted by Crippen LogP contribution is -2.38. The van der Waals surface area contributed by atoms with Crippen molar-refractivity contribution in [2.45, 2.75) is 6.61 Å². The number of fused-ring (bicyclic) bond motifs is 5. The second kappa shape index (κ2) is 9.45. The SMILES string of the molecule is Cl.Fc1ccc2c(c1)-c1sc(COCCN3CCOCC3)cc1-c1ccccc1O2. The highest BCUT2D eigenvalue weighted by molar-refractivity contribution is 7.16. The minimum Gasteiger partial charge on any atom is -0.456 e. The lowest BCUT2D eigenvalue weighted by Gasteiger charge is -2.26. The molecule has 4 nitrogen and oxygen atoms in total. The highest BCUT2D eigenvalue weighted by atomic mass is 35.5. The van der Waals surface area contributed by atoms with Crippen LogP contribution in [0, 0.1) is 5.82 Å². The monoisotopic (exact) mass is 447 g/mol. The van der Waals surface area contributed by atoms with Gasteiger partial charge in [0, 0.05) is 46.1 Å². The van der Waals surface area contributed by atoms with Gasteiger partial charge >= 0.3 is 0 Å². The minimum atomic E-state index is -0.263. The zero-order valence-electron chi connectivity index (χ0n) is 16.4. The first kappa shape index (κ1) is 21.3. The van der Waals surface area contributed by atoms with Crippen molar-refractivity contribution < 1.29 is 18.6 Å². The van der Waals surface area contributed by atoms with Crippen molar-refractivity contribution in [2.75, 3.05) is 39.5 Å². The molecule has 2 aromatic carbocycles. The number of thiophene rings is 1. The van der Waals surface area contributed by atoms with Crippen molar-refractivity contribution in [3.05, 3.63) is 59.2 Å². The number of benzene rings is 2. The standard InChI is InChI=1S/C23H22FNO3S.ClH/c24-16-5-6-22-20(13-16)23-19(18-3-1-2-4-21(18)28-22)14-17(29-23)15-27-12-9-25-7-10-26-11-8-25;/h1-6,13-14H,7-12,15H2;1H. The molecule has 3 heterocycles. The third kappa shape index (κ3) is 4.38. The van der Waals surface area contributed by atoms with Gasteiger partial charge in [-0.3, -0.25) is 4.90 Å². The van der Waals surface area contributed by atoms with E-state index < -0.39 is 0 Å². The Bertz CT molecular complexity index is 1020. The summed E-state index contributed by atoms with van der Waals surface area (Å²) in [5.74, 6) is 1.21. The van der Waals surface area contributed by atoms with Gasteiger partial charge in [0.1, 0.15) is 17.3 Å². The summed E-state index contributed by atoms with van der Waals surface area (Å²) >= 11 is 1.64. The van der Waals surface area contributed by atoms with Crippen molar-refractivity contribution in [2.24, 2.45) is 0 Å². The van der Waals surface area contributed by atoms with Crippen molar-refractivity contribution in [3.63, 3.8) is 0 Å². The molecule has 0 aliphatic carbocycles. The van der Waals surface area contributed by atoms with Crippen LogP contribution in [0.5, 0.6) is 11.5 Å². The summed E-state index contributed by atoms with van der Waals surface area (Å²) in [7, 11) is 0. The molecule has 0 N–H and O–H groups in total. The second-order valence-corrected chi connectivity index (χ2v) is 8.34. The Morgan fingerprint density at radius 2 is 1.77 bits per heavy atom. The normalized spacial score (nSPS) is 15.2. The predicted molar refractivity (Wildman–Crippen MR) is 119 cm³/mol. The highest BCUT2D eigenvalue weighted by Crippen LogP contribution is 2.50. The fraction of sp³-hybridized carbons (Fsp3) is 0.304.